The van der Waals surface area contributed by atoms with Crippen molar-refractivity contribution >= 4 is 95.4 Å². The number of amides is 13. The van der Waals surface area contributed by atoms with E-state index in [4.69, 9.17) is 31.5 Å². The molecule has 0 aliphatic carbocycles. The van der Waals surface area contributed by atoms with E-state index < -0.39 is 228 Å². The largest absolute Gasteiger partial charge is 0.480 e. The van der Waals surface area contributed by atoms with Gasteiger partial charge in [-0.25, -0.2) is 14.4 Å². The number of rotatable bonds is 43. The maximum atomic E-state index is 15.6. The first-order valence-corrected chi connectivity index (χ1v) is 37.2. The Kier molecular flexibility index (Phi) is 43.1. The predicted molar refractivity (Wildman–Crippen MR) is 413 cm³/mol. The Morgan fingerprint density at radius 1 is 0.539 bits per heavy atom. The molecule has 0 aliphatic rings. The highest BCUT2D eigenvalue weighted by Gasteiger charge is 2.43. The van der Waals surface area contributed by atoms with Gasteiger partial charge in [-0.3, -0.25) is 62.5 Å². The van der Waals surface area contributed by atoms with Gasteiger partial charge in [0.15, 0.2) is 5.96 Å². The first-order valence-electron chi connectivity index (χ1n) is 37.2. The summed E-state index contributed by atoms with van der Waals surface area (Å²) in [5.41, 5.74) is 14.9. The molecule has 0 fully saturated rings. The molecule has 2 rings (SSSR count). The third-order valence-electron chi connectivity index (χ3n) is 16.6. The van der Waals surface area contributed by atoms with Gasteiger partial charge in [-0.1, -0.05) is 150 Å². The fraction of sp³-hybridized carbons (Fsp3) is 0.627. The number of alkyl carbamates (subject to hydrolysis) is 2. The lowest BCUT2D eigenvalue weighted by Gasteiger charge is -2.34. The van der Waals surface area contributed by atoms with Crippen molar-refractivity contribution in [2.24, 2.45) is 50.8 Å². The summed E-state index contributed by atoms with van der Waals surface area (Å²) in [7, 11) is 0. The first-order chi connectivity index (χ1) is 53.1. The molecule has 13 amide bonds. The maximum Gasteiger partial charge on any atom is 0.446 e. The van der Waals surface area contributed by atoms with Crippen LogP contribution in [-0.4, -0.2) is 220 Å². The number of carboxylic acid groups (broad SMARTS) is 1. The van der Waals surface area contributed by atoms with Gasteiger partial charge in [0.05, 0.1) is 37.8 Å². The minimum Gasteiger partial charge on any atom is -0.480 e. The standard InChI is InChI=1S/C73H118N16O20.C2HF3O/c1-17-40(6)52(64(101)86-53(41(7)91)63(100)78-35-51(93)79-46(32-50(74)92)60(97)83-49(36-90)67(104)105)85-58(95)44(29-24-30-77-68(75)76)80-59(96)45(31-38(2)3)81-66(103)56(57(94)39(4)5)88-65(102)55(54(43-27-22-19-23-28-43)89-70(107)109-73(14,15)16)87-62(99)47(33-71(8,9)10)82-61(98)48(34-72(11,12)13)84-69(106)108-37-42-25-20-18-21-26-42;3-2(4,5)1-6/h18-23,25-28,38-41,44-49,52-57,90-91,94H,17,24,29-37H2,1-16H3,(H2,74,92)(H,78,100)(H,79,93)(H,80,96)(H,81,103)(H,82,98)(H,83,97)(H,84,106)(H,85,95)(H,86,101)(H,87,99)(H,88,102)(H,89,107)(H,104,105)(H4,75,76,77);1H/t40-,41-,44+,45-,46-,47-,48+,49-,52?,53-,54+,55-,56-,57+;/m0./s1. The summed E-state index contributed by atoms with van der Waals surface area (Å²) in [5, 5.41) is 71.3. The van der Waals surface area contributed by atoms with Crippen molar-refractivity contribution in [3.05, 3.63) is 71.8 Å². The number of aliphatic imine (C=N–C) groups is 1. The predicted octanol–water partition coefficient (Wildman–Crippen LogP) is 0.143. The van der Waals surface area contributed by atoms with Crippen LogP contribution in [0.1, 0.15) is 173 Å². The van der Waals surface area contributed by atoms with Gasteiger partial charge < -0.3 is 111 Å². The smallest absolute Gasteiger partial charge is 0.446 e. The van der Waals surface area contributed by atoms with Gasteiger partial charge in [-0.15, -0.1) is 0 Å². The summed E-state index contributed by atoms with van der Waals surface area (Å²) in [6, 6.07) is -1.64. The van der Waals surface area contributed by atoms with E-state index in [0.717, 1.165) is 6.92 Å². The molecule has 14 atom stereocenters. The number of aliphatic carboxylic acids is 1. The molecule has 1 unspecified atom stereocenters. The normalized spacial score (nSPS) is 15.2. The number of primary amides is 1. The van der Waals surface area contributed by atoms with Gasteiger partial charge in [-0.05, 0) is 99.5 Å². The molecule has 0 bridgehead atoms. The van der Waals surface area contributed by atoms with Crippen LogP contribution in [0, 0.1) is 28.6 Å². The Bertz CT molecular complexity index is 3590. The second-order valence-electron chi connectivity index (χ2n) is 31.6. The van der Waals surface area contributed by atoms with Crippen molar-refractivity contribution in [2.75, 3.05) is 19.7 Å². The minimum absolute atomic E-state index is 0.0123. The van der Waals surface area contributed by atoms with Crippen LogP contribution in [0.2, 0.25) is 0 Å². The van der Waals surface area contributed by atoms with Gasteiger partial charge in [0, 0.05) is 6.54 Å². The molecule has 0 heterocycles. The number of carbonyl (C=O) groups is 15. The number of hydrogen-bond acceptors (Lipinski definition) is 21. The Hall–Kier alpha value is -10.8. The van der Waals surface area contributed by atoms with Gasteiger partial charge in [0.1, 0.15) is 72.6 Å². The summed E-state index contributed by atoms with van der Waals surface area (Å²) in [6.45, 7) is 24.2. The van der Waals surface area contributed by atoms with Crippen molar-refractivity contribution in [3.63, 3.8) is 0 Å². The number of hydrogen-bond donors (Lipinski definition) is 19. The van der Waals surface area contributed by atoms with E-state index >= 15 is 14.4 Å². The highest BCUT2D eigenvalue weighted by Crippen LogP contribution is 2.26. The minimum atomic E-state index is -4.64. The van der Waals surface area contributed by atoms with Gasteiger partial charge in [0.2, 0.25) is 71.3 Å². The highest BCUT2D eigenvalue weighted by atomic mass is 19.4. The van der Waals surface area contributed by atoms with Crippen LogP contribution in [-0.2, 0) is 78.4 Å². The molecule has 40 heteroatoms. The van der Waals surface area contributed by atoms with Crippen LogP contribution in [0.3, 0.4) is 0 Å². The number of halogens is 3. The molecule has 0 saturated heterocycles. The number of aliphatic hydroxyl groups is 3. The van der Waals surface area contributed by atoms with Gasteiger partial charge in [0.25, 0.3) is 0 Å². The van der Waals surface area contributed by atoms with Crippen LogP contribution >= 0.6 is 0 Å². The summed E-state index contributed by atoms with van der Waals surface area (Å²) in [4.78, 5) is 207. The summed E-state index contributed by atoms with van der Waals surface area (Å²) < 4.78 is 42.4. The molecule has 2 aromatic rings. The zero-order valence-corrected chi connectivity index (χ0v) is 67.9. The van der Waals surface area contributed by atoms with Crippen LogP contribution in [0.15, 0.2) is 65.7 Å². The average Bonchev–Trinajstić information content (AvgIpc) is 0.813. The summed E-state index contributed by atoms with van der Waals surface area (Å²) in [6.07, 6.45) is -12.2. The number of aliphatic hydroxyl groups excluding tert-OH is 3. The fourth-order valence-corrected chi connectivity index (χ4v) is 10.8. The van der Waals surface area contributed by atoms with Crippen molar-refractivity contribution in [3.8, 4) is 0 Å². The Morgan fingerprint density at radius 2 is 0.991 bits per heavy atom. The molecular weight excluding hydrogens is 1520 g/mol. The Balaban J connectivity index is 0.0000106. The number of nitrogens with one attached hydrogen (secondary N) is 12. The number of nitrogens with two attached hydrogens (primary N) is 3. The quantitative estimate of drug-likeness (QED) is 0.0182. The number of alkyl halides is 3. The fourth-order valence-electron chi connectivity index (χ4n) is 10.8. The summed E-state index contributed by atoms with van der Waals surface area (Å²) >= 11 is 0. The topological polar surface area (TPSA) is 590 Å². The van der Waals surface area contributed by atoms with E-state index in [1.165, 1.54) is 26.0 Å². The lowest BCUT2D eigenvalue weighted by atomic mass is 9.86. The molecule has 0 radical (unpaired) electrons. The number of aldehydes is 1. The van der Waals surface area contributed by atoms with Crippen molar-refractivity contribution < 1.29 is 115 Å². The molecule has 646 valence electrons. The second kappa shape index (κ2) is 48.4. The lowest BCUT2D eigenvalue weighted by Crippen LogP contribution is -2.64. The van der Waals surface area contributed by atoms with Crippen LogP contribution < -0.4 is 81.0 Å². The van der Waals surface area contributed by atoms with Crippen molar-refractivity contribution in [1.29, 1.82) is 0 Å². The molecule has 0 saturated carbocycles. The average molecular weight is 1640 g/mol. The van der Waals surface area contributed by atoms with E-state index in [0.29, 0.717) is 5.56 Å². The molecule has 0 aliphatic heterocycles. The van der Waals surface area contributed by atoms with E-state index in [1.807, 2.05) is 26.1 Å². The third kappa shape index (κ3) is 41.2. The Labute approximate surface area is 666 Å². The molecular formula is C75H119F3N16O21. The Morgan fingerprint density at radius 3 is 1.47 bits per heavy atom. The van der Waals surface area contributed by atoms with Gasteiger partial charge in [-0.2, -0.15) is 13.2 Å². The van der Waals surface area contributed by atoms with Crippen LogP contribution in [0.25, 0.3) is 0 Å². The number of ether oxygens (including phenoxy) is 2. The number of benzene rings is 2. The zero-order valence-electron chi connectivity index (χ0n) is 67.9. The van der Waals surface area contributed by atoms with E-state index in [2.05, 4.69) is 63.5 Å². The molecule has 0 spiro atoms. The maximum absolute atomic E-state index is 15.6. The number of carbonyl (C=O) groups excluding carboxylic acids is 14. The molecule has 22 N–H and O–H groups in total. The van der Waals surface area contributed by atoms with Crippen LogP contribution in [0.5, 0.6) is 0 Å². The zero-order chi connectivity index (χ0) is 88.2. The van der Waals surface area contributed by atoms with Crippen molar-refractivity contribution in [2.45, 2.75) is 253 Å². The number of guanidine groups is 1. The summed E-state index contributed by atoms with van der Waals surface area (Å²) in [5.74, 6) is -15.7. The lowest BCUT2D eigenvalue weighted by molar-refractivity contribution is -0.156. The van der Waals surface area contributed by atoms with E-state index in [1.54, 1.807) is 118 Å². The van der Waals surface area contributed by atoms with Crippen molar-refractivity contribution in [1.82, 2.24) is 63.8 Å². The number of nitrogens with zero attached hydrogens (tertiary/aromatic N) is 1. The molecule has 2 aromatic carbocycles. The number of carboxylic acids is 1. The first kappa shape index (κ1) is 102. The molecule has 0 aromatic heterocycles. The van der Waals surface area contributed by atoms with E-state index in [-0.39, 0.29) is 63.2 Å². The highest BCUT2D eigenvalue weighted by molar-refractivity contribution is 6.00. The van der Waals surface area contributed by atoms with E-state index in [9.17, 15) is 86.3 Å². The monoisotopic (exact) mass is 1640 g/mol. The van der Waals surface area contributed by atoms with Crippen LogP contribution in [0.4, 0.5) is 22.8 Å². The molecule has 37 nitrogen and oxygen atoms in total. The second-order valence-corrected chi connectivity index (χ2v) is 31.6. The third-order valence-corrected chi connectivity index (χ3v) is 16.6. The molecule has 115 heavy (non-hydrogen) atoms. The van der Waals surface area contributed by atoms with Gasteiger partial charge >= 0.3 is 24.3 Å². The SMILES string of the molecule is CC[C@H](C)C(NC(=O)[C@@H](CCCN=C(N)N)NC(=O)[C@H](CC(C)C)NC(=O)[C@@H](NC(=O)[C@@H](NC(=O)[C@H](CC(C)(C)C)NC(=O)[C@@H](CC(C)(C)C)NC(=O)OCc1ccccc1)[C@H](NC(=O)OC(C)(C)C)c1ccccc1)[C@H](O)C(C)C)C(=O)N[C@H](C(=O)NCC(=O)N[C@@H](CC(N)=O)C(=O)N[C@@H](CO)C(=O)O)[C@H](C)O.O=CC(F)(F)F.